The number of rotatable bonds is 11. The summed E-state index contributed by atoms with van der Waals surface area (Å²) < 4.78 is 23.7. The quantitative estimate of drug-likeness (QED) is 0.204. The van der Waals surface area contributed by atoms with Crippen LogP contribution in [0, 0.1) is 0 Å². The number of piperazine rings is 1. The molecule has 0 N–H and O–H groups in total. The van der Waals surface area contributed by atoms with E-state index in [1.54, 1.807) is 34.0 Å². The Balaban J connectivity index is 0.00000432. The van der Waals surface area contributed by atoms with Crippen LogP contribution in [-0.4, -0.2) is 74.6 Å². The van der Waals surface area contributed by atoms with Gasteiger partial charge in [0, 0.05) is 48.1 Å². The van der Waals surface area contributed by atoms with Crippen molar-refractivity contribution in [2.24, 2.45) is 0 Å². The number of aromatic nitrogens is 6. The molecule has 7 rings (SSSR count). The van der Waals surface area contributed by atoms with Gasteiger partial charge < -0.3 is 28.7 Å². The Morgan fingerprint density at radius 1 is 0.920 bits per heavy atom. The smallest absolute Gasteiger partial charge is 0.350 e. The average Bonchev–Trinajstić information content (AvgIpc) is 3.88. The minimum atomic E-state index is -1.16. The fourth-order valence-electron chi connectivity index (χ4n) is 6.24. The van der Waals surface area contributed by atoms with Gasteiger partial charge in [-0.1, -0.05) is 36.2 Å². The molecule has 0 spiro atoms. The first-order chi connectivity index (χ1) is 23.8. The maximum atomic E-state index is 12.8. The minimum absolute atomic E-state index is 0. The van der Waals surface area contributed by atoms with Crippen molar-refractivity contribution in [2.75, 3.05) is 49.2 Å². The van der Waals surface area contributed by atoms with E-state index in [9.17, 15) is 4.79 Å². The first-order valence-electron chi connectivity index (χ1n) is 16.4. The molecule has 3 atom stereocenters. The van der Waals surface area contributed by atoms with Crippen LogP contribution >= 0.6 is 23.2 Å². The topological polar surface area (TPSA) is 105 Å². The summed E-state index contributed by atoms with van der Waals surface area (Å²) in [6.45, 7) is 8.48. The van der Waals surface area contributed by atoms with Crippen LogP contribution in [0.15, 0.2) is 90.5 Å². The van der Waals surface area contributed by atoms with E-state index in [-0.39, 0.29) is 29.1 Å². The second kappa shape index (κ2) is 15.2. The lowest BCUT2D eigenvalue weighted by Crippen LogP contribution is -3.00. The van der Waals surface area contributed by atoms with E-state index >= 15 is 0 Å². The third-order valence-electron chi connectivity index (χ3n) is 9.15. The number of benzene rings is 3. The molecule has 12 nitrogen and oxygen atoms in total. The van der Waals surface area contributed by atoms with Crippen LogP contribution in [0.4, 0.5) is 11.4 Å². The second-order valence-corrected chi connectivity index (χ2v) is 13.1. The van der Waals surface area contributed by atoms with Crippen LogP contribution in [0.3, 0.4) is 0 Å². The van der Waals surface area contributed by atoms with Gasteiger partial charge in [0.05, 0.1) is 23.4 Å². The van der Waals surface area contributed by atoms with E-state index in [4.69, 9.17) is 37.4 Å². The molecule has 0 radical (unpaired) electrons. The van der Waals surface area contributed by atoms with E-state index in [2.05, 4.69) is 49.2 Å². The van der Waals surface area contributed by atoms with E-state index in [1.807, 2.05) is 44.2 Å². The van der Waals surface area contributed by atoms with E-state index in [0.29, 0.717) is 28.8 Å². The zero-order valence-electron chi connectivity index (χ0n) is 27.7. The van der Waals surface area contributed by atoms with Gasteiger partial charge in [0.15, 0.2) is 0 Å². The molecule has 50 heavy (non-hydrogen) atoms. The molecule has 3 aromatic carbocycles. The zero-order valence-corrected chi connectivity index (χ0v) is 29.3. The molecular weight excluding hydrogens is 686 g/mol. The van der Waals surface area contributed by atoms with Crippen LogP contribution in [-0.2, 0) is 21.8 Å². The van der Waals surface area contributed by atoms with Crippen LogP contribution in [0.5, 0.6) is 5.75 Å². The van der Waals surface area contributed by atoms with Gasteiger partial charge in [-0.2, -0.15) is 10.2 Å². The average molecular weight is 725 g/mol. The van der Waals surface area contributed by atoms with Crippen LogP contribution in [0.25, 0.3) is 5.69 Å². The molecule has 15 heteroatoms. The van der Waals surface area contributed by atoms with Gasteiger partial charge >= 0.3 is 5.69 Å². The Morgan fingerprint density at radius 3 is 2.20 bits per heavy atom. The largest absolute Gasteiger partial charge is 1.00 e. The molecule has 2 saturated heterocycles. The van der Waals surface area contributed by atoms with Gasteiger partial charge in [-0.25, -0.2) is 23.7 Å². The first-order valence-corrected chi connectivity index (χ1v) is 17.2. The summed E-state index contributed by atoms with van der Waals surface area (Å²) in [5.41, 5.74) is 3.64. The normalized spacial score (nSPS) is 19.7. The monoisotopic (exact) mass is 723 g/mol. The molecule has 2 fully saturated rings. The first kappa shape index (κ1) is 35.4. The summed E-state index contributed by atoms with van der Waals surface area (Å²) in [6.07, 6.45) is 5.19. The second-order valence-electron chi connectivity index (χ2n) is 12.3. The van der Waals surface area contributed by atoms with Gasteiger partial charge in [-0.3, -0.25) is 0 Å². The lowest BCUT2D eigenvalue weighted by atomic mass is 10.1. The highest BCUT2D eigenvalue weighted by atomic mass is 35.5. The SMILES string of the molecule is CCC(C)n1ncn(-c2ccc(N3CCN(c4ccc(OC[C@H]5CO[C@](Cn6cncn6)(c6ccc(Cl)cc6Cl)O5)cc4)CC3)cc2)c1=O.[F-]. The van der Waals surface area contributed by atoms with Crippen molar-refractivity contribution in [1.29, 1.82) is 0 Å². The number of ether oxygens (including phenoxy) is 3. The van der Waals surface area contributed by atoms with Gasteiger partial charge in [-0.05, 0) is 74.0 Å². The standard InChI is InChI=1S/C35H38Cl2N8O4.FH/c1-3-25(2)45-34(46)44(24-40-45)29-7-5-27(6-8-29)41-14-16-42(17-15-41)28-9-11-30(12-10-28)47-19-31-20-48-35(49-31,21-43-23-38-22-39-43)32-13-4-26(36)18-33(32)37;/h4-13,18,22-25,31H,3,14-17,19-21H2,1-2H3;1H/p-1/t25?,31-,35-;/m0./s1. The summed E-state index contributed by atoms with van der Waals surface area (Å²) >= 11 is 12.7. The molecule has 2 aliphatic heterocycles. The molecule has 0 bridgehead atoms. The number of hydrogen-bond acceptors (Lipinski definition) is 9. The molecule has 5 aromatic rings. The highest BCUT2D eigenvalue weighted by Gasteiger charge is 2.45. The van der Waals surface area contributed by atoms with Gasteiger partial charge in [0.1, 0.15) is 44.0 Å². The Bertz CT molecular complexity index is 1910. The molecule has 0 aliphatic carbocycles. The number of nitrogens with zero attached hydrogens (tertiary/aromatic N) is 8. The summed E-state index contributed by atoms with van der Waals surface area (Å²) in [4.78, 5) is 21.6. The van der Waals surface area contributed by atoms with Crippen molar-refractivity contribution in [1.82, 2.24) is 29.1 Å². The van der Waals surface area contributed by atoms with Crippen molar-refractivity contribution < 1.29 is 18.9 Å². The predicted octanol–water partition coefficient (Wildman–Crippen LogP) is 2.58. The third kappa shape index (κ3) is 7.36. The molecular formula is C35H38Cl2FN8O4-. The summed E-state index contributed by atoms with van der Waals surface area (Å²) in [7, 11) is 0. The molecule has 264 valence electrons. The molecule has 4 heterocycles. The lowest BCUT2D eigenvalue weighted by molar-refractivity contribution is -0.190. The lowest BCUT2D eigenvalue weighted by Gasteiger charge is -2.37. The predicted molar refractivity (Wildman–Crippen MR) is 188 cm³/mol. The van der Waals surface area contributed by atoms with Crippen molar-refractivity contribution in [2.45, 2.75) is 44.7 Å². The fraction of sp³-hybridized carbons (Fsp3) is 0.371. The van der Waals surface area contributed by atoms with Crippen LogP contribution in [0.2, 0.25) is 10.0 Å². The molecule has 0 amide bonds. The van der Waals surface area contributed by atoms with E-state index in [0.717, 1.165) is 55.4 Å². The van der Waals surface area contributed by atoms with Crippen molar-refractivity contribution >= 4 is 34.6 Å². The molecule has 2 aromatic heterocycles. The summed E-state index contributed by atoms with van der Waals surface area (Å²) in [6, 6.07) is 21.6. The van der Waals surface area contributed by atoms with Crippen LogP contribution in [0.1, 0.15) is 31.9 Å². The number of anilines is 2. The molecule has 0 saturated carbocycles. The number of hydrogen-bond donors (Lipinski definition) is 0. The van der Waals surface area contributed by atoms with E-state index < -0.39 is 5.79 Å². The van der Waals surface area contributed by atoms with Gasteiger partial charge in [0.2, 0.25) is 5.79 Å². The Kier molecular flexibility index (Phi) is 10.8. The van der Waals surface area contributed by atoms with E-state index in [1.165, 1.54) is 11.0 Å². The molecule has 2 aliphatic rings. The minimum Gasteiger partial charge on any atom is -1.00 e. The van der Waals surface area contributed by atoms with Crippen molar-refractivity contribution in [3.8, 4) is 11.4 Å². The Hall–Kier alpha value is -4.43. The van der Waals surface area contributed by atoms with Crippen molar-refractivity contribution in [3.05, 3.63) is 112 Å². The highest BCUT2D eigenvalue weighted by Crippen LogP contribution is 2.40. The zero-order chi connectivity index (χ0) is 34.0. The Labute approximate surface area is 299 Å². The maximum Gasteiger partial charge on any atom is 0.350 e. The molecule has 1 unspecified atom stereocenters. The van der Waals surface area contributed by atoms with Crippen molar-refractivity contribution in [3.63, 3.8) is 0 Å². The van der Waals surface area contributed by atoms with Crippen LogP contribution < -0.4 is 24.9 Å². The number of halogens is 3. The Morgan fingerprint density at radius 2 is 1.58 bits per heavy atom. The van der Waals surface area contributed by atoms with Gasteiger partial charge in [-0.15, -0.1) is 0 Å². The maximum absolute atomic E-state index is 12.8. The van der Waals surface area contributed by atoms with Gasteiger partial charge in [0.25, 0.3) is 0 Å². The fourth-order valence-corrected chi connectivity index (χ4v) is 6.79. The third-order valence-corrected chi connectivity index (χ3v) is 9.70. The summed E-state index contributed by atoms with van der Waals surface area (Å²) in [5.74, 6) is -0.410. The highest BCUT2D eigenvalue weighted by molar-refractivity contribution is 6.35. The summed E-state index contributed by atoms with van der Waals surface area (Å²) in [5, 5.41) is 9.50.